The lowest BCUT2D eigenvalue weighted by atomic mass is 9.90. The van der Waals surface area contributed by atoms with Crippen LogP contribution in [0.5, 0.6) is 0 Å². The van der Waals surface area contributed by atoms with Crippen LogP contribution < -0.4 is 10.6 Å². The minimum Gasteiger partial charge on any atom is -0.466 e. The number of furan rings is 1. The van der Waals surface area contributed by atoms with Crippen LogP contribution in [-0.4, -0.2) is 26.2 Å². The van der Waals surface area contributed by atoms with Crippen molar-refractivity contribution in [2.45, 2.75) is 45.4 Å². The van der Waals surface area contributed by atoms with E-state index in [1.165, 1.54) is 32.4 Å². The molecule has 2 heterocycles. The zero-order valence-corrected chi connectivity index (χ0v) is 12.6. The molecule has 19 heavy (non-hydrogen) atoms. The Hall–Kier alpha value is -0.800. The van der Waals surface area contributed by atoms with Gasteiger partial charge in [0.2, 0.25) is 0 Å². The zero-order valence-electron chi connectivity index (χ0n) is 12.6. The molecule has 0 amide bonds. The van der Waals surface area contributed by atoms with E-state index in [2.05, 4.69) is 30.5 Å². The number of nitrogens with one attached hydrogen (secondary N) is 2. The van der Waals surface area contributed by atoms with Crippen molar-refractivity contribution in [3.05, 3.63) is 23.7 Å². The lowest BCUT2D eigenvalue weighted by Crippen LogP contribution is -2.35. The van der Waals surface area contributed by atoms with E-state index in [0.717, 1.165) is 30.5 Å². The van der Waals surface area contributed by atoms with Gasteiger partial charge in [0.15, 0.2) is 0 Å². The summed E-state index contributed by atoms with van der Waals surface area (Å²) in [6.45, 7) is 11.0. The number of aryl methyl sites for hydroxylation is 1. The van der Waals surface area contributed by atoms with Gasteiger partial charge in [-0.2, -0.15) is 0 Å². The van der Waals surface area contributed by atoms with Crippen molar-refractivity contribution >= 4 is 0 Å². The van der Waals surface area contributed by atoms with Gasteiger partial charge in [0, 0.05) is 12.0 Å². The van der Waals surface area contributed by atoms with Gasteiger partial charge >= 0.3 is 0 Å². The van der Waals surface area contributed by atoms with E-state index < -0.39 is 0 Å². The lowest BCUT2D eigenvalue weighted by molar-refractivity contribution is 0.327. The van der Waals surface area contributed by atoms with Crippen LogP contribution in [0.2, 0.25) is 0 Å². The molecule has 108 valence electrons. The van der Waals surface area contributed by atoms with Gasteiger partial charge in [0.1, 0.15) is 11.5 Å². The molecule has 1 aliphatic rings. The quantitative estimate of drug-likeness (QED) is 0.776. The molecule has 0 radical (unpaired) electrons. The Morgan fingerprint density at radius 2 is 2.05 bits per heavy atom. The third-order valence-corrected chi connectivity index (χ3v) is 4.16. The molecule has 2 N–H and O–H groups in total. The second kappa shape index (κ2) is 6.58. The van der Waals surface area contributed by atoms with Gasteiger partial charge in [-0.1, -0.05) is 13.8 Å². The van der Waals surface area contributed by atoms with Crippen molar-refractivity contribution in [3.8, 4) is 0 Å². The van der Waals surface area contributed by atoms with Crippen LogP contribution in [0.15, 0.2) is 16.5 Å². The Morgan fingerprint density at radius 1 is 1.32 bits per heavy atom. The largest absolute Gasteiger partial charge is 0.466 e. The Labute approximate surface area is 117 Å². The van der Waals surface area contributed by atoms with Gasteiger partial charge in [-0.15, -0.1) is 0 Å². The molecule has 0 bridgehead atoms. The normalized spacial score (nSPS) is 17.8. The van der Waals surface area contributed by atoms with E-state index in [1.54, 1.807) is 0 Å². The topological polar surface area (TPSA) is 37.2 Å². The molecule has 0 aliphatic carbocycles. The summed E-state index contributed by atoms with van der Waals surface area (Å²) in [6.07, 6.45) is 3.97. The minimum absolute atomic E-state index is 0.0718. The van der Waals surface area contributed by atoms with Crippen molar-refractivity contribution in [3.63, 3.8) is 0 Å². The summed E-state index contributed by atoms with van der Waals surface area (Å²) in [5.74, 6) is 2.99. The average Bonchev–Trinajstić information content (AvgIpc) is 2.84. The smallest absolute Gasteiger partial charge is 0.111 e. The van der Waals surface area contributed by atoms with Crippen LogP contribution in [-0.2, 0) is 5.41 Å². The molecule has 0 spiro atoms. The summed E-state index contributed by atoms with van der Waals surface area (Å²) in [4.78, 5) is 0. The van der Waals surface area contributed by atoms with E-state index in [9.17, 15) is 0 Å². The molecule has 1 saturated heterocycles. The maximum atomic E-state index is 5.75. The third kappa shape index (κ3) is 4.36. The zero-order chi connectivity index (χ0) is 13.7. The molecule has 3 heteroatoms. The van der Waals surface area contributed by atoms with Gasteiger partial charge in [-0.25, -0.2) is 0 Å². The maximum absolute atomic E-state index is 5.75. The van der Waals surface area contributed by atoms with E-state index in [1.807, 2.05) is 13.0 Å². The van der Waals surface area contributed by atoms with Crippen molar-refractivity contribution in [1.29, 1.82) is 0 Å². The van der Waals surface area contributed by atoms with Crippen LogP contribution in [0.4, 0.5) is 0 Å². The summed E-state index contributed by atoms with van der Waals surface area (Å²) in [6, 6.07) is 4.15. The summed E-state index contributed by atoms with van der Waals surface area (Å²) in [5, 5.41) is 7.02. The third-order valence-electron chi connectivity index (χ3n) is 4.16. The fraction of sp³-hybridized carbons (Fsp3) is 0.750. The second-order valence-corrected chi connectivity index (χ2v) is 6.45. The van der Waals surface area contributed by atoms with E-state index >= 15 is 0 Å². The van der Waals surface area contributed by atoms with Gasteiger partial charge in [-0.05, 0) is 63.9 Å². The van der Waals surface area contributed by atoms with Crippen molar-refractivity contribution in [2.75, 3.05) is 26.2 Å². The van der Waals surface area contributed by atoms with Gasteiger partial charge < -0.3 is 15.1 Å². The lowest BCUT2D eigenvalue weighted by Gasteiger charge is -2.25. The van der Waals surface area contributed by atoms with E-state index in [-0.39, 0.29) is 5.41 Å². The standard InChI is InChI=1S/C16H28N2O/c1-13-4-5-15(19-13)16(2,3)12-18-11-8-14-6-9-17-10-7-14/h4-5,14,17-18H,6-12H2,1-3H3. The summed E-state index contributed by atoms with van der Waals surface area (Å²) < 4.78 is 5.75. The molecule has 0 aromatic carbocycles. The molecular formula is C16H28N2O. The molecule has 0 atom stereocenters. The van der Waals surface area contributed by atoms with E-state index in [0.29, 0.717) is 0 Å². The number of hydrogen-bond donors (Lipinski definition) is 2. The summed E-state index contributed by atoms with van der Waals surface area (Å²) >= 11 is 0. The van der Waals surface area contributed by atoms with Gasteiger partial charge in [-0.3, -0.25) is 0 Å². The fourth-order valence-electron chi connectivity index (χ4n) is 2.76. The van der Waals surface area contributed by atoms with Crippen LogP contribution in [0.25, 0.3) is 0 Å². The highest BCUT2D eigenvalue weighted by atomic mass is 16.3. The molecular weight excluding hydrogens is 236 g/mol. The maximum Gasteiger partial charge on any atom is 0.111 e. The molecule has 3 nitrogen and oxygen atoms in total. The number of rotatable bonds is 6. The highest BCUT2D eigenvalue weighted by molar-refractivity contribution is 5.15. The van der Waals surface area contributed by atoms with Gasteiger partial charge in [0.25, 0.3) is 0 Å². The summed E-state index contributed by atoms with van der Waals surface area (Å²) in [5.41, 5.74) is 0.0718. The van der Waals surface area contributed by atoms with Crippen molar-refractivity contribution in [1.82, 2.24) is 10.6 Å². The predicted molar refractivity (Wildman–Crippen MR) is 79.6 cm³/mol. The first-order chi connectivity index (χ1) is 9.08. The van der Waals surface area contributed by atoms with Gasteiger partial charge in [0.05, 0.1) is 0 Å². The first kappa shape index (κ1) is 14.6. The fourth-order valence-corrected chi connectivity index (χ4v) is 2.76. The first-order valence-corrected chi connectivity index (χ1v) is 7.56. The Bertz CT molecular complexity index is 378. The Balaban J connectivity index is 1.69. The second-order valence-electron chi connectivity index (χ2n) is 6.45. The van der Waals surface area contributed by atoms with Crippen molar-refractivity contribution in [2.24, 2.45) is 5.92 Å². The monoisotopic (exact) mass is 264 g/mol. The average molecular weight is 264 g/mol. The highest BCUT2D eigenvalue weighted by Gasteiger charge is 2.23. The Kier molecular flexibility index (Phi) is 5.06. The molecule has 1 fully saturated rings. The van der Waals surface area contributed by atoms with Crippen LogP contribution in [0.1, 0.15) is 44.6 Å². The summed E-state index contributed by atoms with van der Waals surface area (Å²) in [7, 11) is 0. The first-order valence-electron chi connectivity index (χ1n) is 7.56. The molecule has 1 aromatic rings. The molecule has 1 aliphatic heterocycles. The Morgan fingerprint density at radius 3 is 2.68 bits per heavy atom. The van der Waals surface area contributed by atoms with Crippen LogP contribution >= 0.6 is 0 Å². The highest BCUT2D eigenvalue weighted by Crippen LogP contribution is 2.24. The molecule has 0 unspecified atom stereocenters. The predicted octanol–water partition coefficient (Wildman–Crippen LogP) is 2.84. The van der Waals surface area contributed by atoms with Crippen LogP contribution in [0.3, 0.4) is 0 Å². The van der Waals surface area contributed by atoms with E-state index in [4.69, 9.17) is 4.42 Å². The SMILES string of the molecule is Cc1ccc(C(C)(C)CNCCC2CCNCC2)o1. The van der Waals surface area contributed by atoms with Crippen molar-refractivity contribution < 1.29 is 4.42 Å². The molecule has 2 rings (SSSR count). The van der Waals surface area contributed by atoms with Crippen LogP contribution in [0, 0.1) is 12.8 Å². The molecule has 0 saturated carbocycles. The molecule has 1 aromatic heterocycles. The minimum atomic E-state index is 0.0718. The number of hydrogen-bond acceptors (Lipinski definition) is 3. The number of piperidine rings is 1.